The molecule has 0 saturated carbocycles. The van der Waals surface area contributed by atoms with E-state index >= 15 is 0 Å². The summed E-state index contributed by atoms with van der Waals surface area (Å²) in [5.74, 6) is -2.15. The van der Waals surface area contributed by atoms with Gasteiger partial charge in [-0.15, -0.1) is 0 Å². The number of benzene rings is 2. The fraction of sp³-hybridized carbons (Fsp3) is 0.143. The van der Waals surface area contributed by atoms with Crippen LogP contribution in [-0.4, -0.2) is 11.7 Å². The molecule has 0 radical (unpaired) electrons. The van der Waals surface area contributed by atoms with Crippen LogP contribution in [0.2, 0.25) is 0 Å². The van der Waals surface area contributed by atoms with Crippen LogP contribution in [0.3, 0.4) is 0 Å². The Balaban J connectivity index is 2.39. The number of aliphatic hydroxyl groups excluding tert-OH is 1. The minimum Gasteiger partial charge on any atom is -0.452 e. The lowest BCUT2D eigenvalue weighted by Crippen LogP contribution is -2.00. The molecule has 0 aliphatic carbocycles. The summed E-state index contributed by atoms with van der Waals surface area (Å²) in [7, 11) is 0. The number of anilines is 1. The molecule has 0 bridgehead atoms. The van der Waals surface area contributed by atoms with Gasteiger partial charge in [-0.05, 0) is 30.2 Å². The summed E-state index contributed by atoms with van der Waals surface area (Å²) >= 11 is 0. The molecular weight excluding hydrogens is 252 g/mol. The van der Waals surface area contributed by atoms with Gasteiger partial charge in [0.25, 0.3) is 0 Å². The molecule has 0 amide bonds. The number of para-hydroxylation sites is 1. The lowest BCUT2D eigenvalue weighted by Gasteiger charge is -2.13. The van der Waals surface area contributed by atoms with Crippen LogP contribution in [0.1, 0.15) is 5.56 Å². The zero-order valence-corrected chi connectivity index (χ0v) is 10.1. The Bertz CT molecular complexity index is 588. The standard InChI is InChI=1S/C14H13F2NO2/c15-10-5-6-11(17)14(13(10)16)19-12-4-2-1-3-9(12)7-8-18/h1-6,18H,7-8,17H2. The van der Waals surface area contributed by atoms with Crippen LogP contribution in [0.25, 0.3) is 0 Å². The maximum Gasteiger partial charge on any atom is 0.203 e. The first-order chi connectivity index (χ1) is 9.13. The van der Waals surface area contributed by atoms with Crippen LogP contribution < -0.4 is 10.5 Å². The Morgan fingerprint density at radius 1 is 1.11 bits per heavy atom. The molecule has 0 aliphatic heterocycles. The van der Waals surface area contributed by atoms with Gasteiger partial charge in [-0.25, -0.2) is 4.39 Å². The second-order valence-corrected chi connectivity index (χ2v) is 3.96. The van der Waals surface area contributed by atoms with E-state index in [0.29, 0.717) is 17.7 Å². The molecule has 3 nitrogen and oxygen atoms in total. The van der Waals surface area contributed by atoms with Crippen molar-refractivity contribution in [1.29, 1.82) is 0 Å². The predicted octanol–water partition coefficient (Wildman–Crippen LogP) is 2.87. The largest absolute Gasteiger partial charge is 0.452 e. The lowest BCUT2D eigenvalue weighted by atomic mass is 10.1. The zero-order chi connectivity index (χ0) is 13.8. The topological polar surface area (TPSA) is 55.5 Å². The van der Waals surface area contributed by atoms with Gasteiger partial charge in [-0.1, -0.05) is 18.2 Å². The van der Waals surface area contributed by atoms with E-state index in [1.807, 2.05) is 0 Å². The van der Waals surface area contributed by atoms with Crippen molar-refractivity contribution in [2.75, 3.05) is 12.3 Å². The molecule has 5 heteroatoms. The molecule has 19 heavy (non-hydrogen) atoms. The summed E-state index contributed by atoms with van der Waals surface area (Å²) in [6.07, 6.45) is 0.354. The Labute approximate surface area is 109 Å². The van der Waals surface area contributed by atoms with Crippen LogP contribution in [0.15, 0.2) is 36.4 Å². The summed E-state index contributed by atoms with van der Waals surface area (Å²) in [5.41, 5.74) is 6.28. The van der Waals surface area contributed by atoms with E-state index in [1.165, 1.54) is 6.07 Å². The number of halogens is 2. The molecule has 0 aliphatic rings. The molecule has 0 unspecified atom stereocenters. The summed E-state index contributed by atoms with van der Waals surface area (Å²) < 4.78 is 32.1. The monoisotopic (exact) mass is 265 g/mol. The van der Waals surface area contributed by atoms with Crippen molar-refractivity contribution in [1.82, 2.24) is 0 Å². The first-order valence-electron chi connectivity index (χ1n) is 5.73. The maximum absolute atomic E-state index is 13.6. The van der Waals surface area contributed by atoms with Crippen LogP contribution in [0, 0.1) is 11.6 Å². The number of hydrogen-bond donors (Lipinski definition) is 2. The Kier molecular flexibility index (Phi) is 3.97. The van der Waals surface area contributed by atoms with Crippen LogP contribution in [0.4, 0.5) is 14.5 Å². The fourth-order valence-corrected chi connectivity index (χ4v) is 1.69. The fourth-order valence-electron chi connectivity index (χ4n) is 1.69. The number of hydrogen-bond acceptors (Lipinski definition) is 3. The Morgan fingerprint density at radius 2 is 1.84 bits per heavy atom. The van der Waals surface area contributed by atoms with Gasteiger partial charge >= 0.3 is 0 Å². The van der Waals surface area contributed by atoms with E-state index in [2.05, 4.69) is 0 Å². The SMILES string of the molecule is Nc1ccc(F)c(F)c1Oc1ccccc1CCO. The molecule has 100 valence electrons. The van der Waals surface area contributed by atoms with Crippen molar-refractivity contribution in [3.05, 3.63) is 53.6 Å². The van der Waals surface area contributed by atoms with Crippen molar-refractivity contribution in [3.8, 4) is 11.5 Å². The van der Waals surface area contributed by atoms with E-state index < -0.39 is 11.6 Å². The molecule has 2 aromatic carbocycles. The van der Waals surface area contributed by atoms with Crippen LogP contribution in [0.5, 0.6) is 11.5 Å². The highest BCUT2D eigenvalue weighted by Gasteiger charge is 2.15. The van der Waals surface area contributed by atoms with Gasteiger partial charge in [0.2, 0.25) is 5.82 Å². The molecule has 0 heterocycles. The maximum atomic E-state index is 13.6. The summed E-state index contributed by atoms with van der Waals surface area (Å²) in [5, 5.41) is 8.95. The van der Waals surface area contributed by atoms with Gasteiger partial charge in [-0.2, -0.15) is 4.39 Å². The van der Waals surface area contributed by atoms with E-state index in [0.717, 1.165) is 6.07 Å². The highest BCUT2D eigenvalue weighted by atomic mass is 19.2. The van der Waals surface area contributed by atoms with E-state index in [-0.39, 0.29) is 18.0 Å². The molecule has 3 N–H and O–H groups in total. The highest BCUT2D eigenvalue weighted by Crippen LogP contribution is 2.33. The van der Waals surface area contributed by atoms with Crippen molar-refractivity contribution in [2.24, 2.45) is 0 Å². The second kappa shape index (κ2) is 5.67. The third-order valence-electron chi connectivity index (χ3n) is 2.65. The van der Waals surface area contributed by atoms with Gasteiger partial charge in [0, 0.05) is 6.61 Å². The number of rotatable bonds is 4. The number of aliphatic hydroxyl groups is 1. The van der Waals surface area contributed by atoms with E-state index in [9.17, 15) is 8.78 Å². The zero-order valence-electron chi connectivity index (χ0n) is 10.1. The predicted molar refractivity (Wildman–Crippen MR) is 68.1 cm³/mol. The van der Waals surface area contributed by atoms with Crippen molar-refractivity contribution >= 4 is 5.69 Å². The van der Waals surface area contributed by atoms with Gasteiger partial charge in [-0.3, -0.25) is 0 Å². The number of ether oxygens (including phenoxy) is 1. The molecule has 2 aromatic rings. The van der Waals surface area contributed by atoms with Crippen molar-refractivity contribution in [2.45, 2.75) is 6.42 Å². The average Bonchev–Trinajstić information content (AvgIpc) is 2.41. The van der Waals surface area contributed by atoms with Gasteiger partial charge in [0.15, 0.2) is 11.6 Å². The highest BCUT2D eigenvalue weighted by molar-refractivity contribution is 5.55. The van der Waals surface area contributed by atoms with Crippen molar-refractivity contribution in [3.63, 3.8) is 0 Å². The third-order valence-corrected chi connectivity index (χ3v) is 2.65. The first kappa shape index (κ1) is 13.3. The normalized spacial score (nSPS) is 10.5. The number of nitrogens with two attached hydrogens (primary N) is 1. The minimum atomic E-state index is -1.13. The summed E-state index contributed by atoms with van der Waals surface area (Å²) in [6.45, 7) is -0.0680. The first-order valence-corrected chi connectivity index (χ1v) is 5.73. The van der Waals surface area contributed by atoms with Gasteiger partial charge < -0.3 is 15.6 Å². The van der Waals surface area contributed by atoms with Crippen molar-refractivity contribution < 1.29 is 18.6 Å². The Hall–Kier alpha value is -2.14. The molecule has 0 fully saturated rings. The van der Waals surface area contributed by atoms with Crippen LogP contribution in [-0.2, 0) is 6.42 Å². The van der Waals surface area contributed by atoms with E-state index in [4.69, 9.17) is 15.6 Å². The lowest BCUT2D eigenvalue weighted by molar-refractivity contribution is 0.297. The second-order valence-electron chi connectivity index (χ2n) is 3.96. The minimum absolute atomic E-state index is 0.0118. The summed E-state index contributed by atoms with van der Waals surface area (Å²) in [6, 6.07) is 8.99. The molecule has 2 rings (SSSR count). The molecular formula is C14H13F2NO2. The third kappa shape index (κ3) is 2.82. The average molecular weight is 265 g/mol. The van der Waals surface area contributed by atoms with Gasteiger partial charge in [0.05, 0.1) is 5.69 Å². The molecule has 0 aromatic heterocycles. The smallest absolute Gasteiger partial charge is 0.203 e. The molecule has 0 atom stereocenters. The van der Waals surface area contributed by atoms with Gasteiger partial charge in [0.1, 0.15) is 5.75 Å². The summed E-state index contributed by atoms with van der Waals surface area (Å²) in [4.78, 5) is 0. The van der Waals surface area contributed by atoms with E-state index in [1.54, 1.807) is 24.3 Å². The number of nitrogen functional groups attached to an aromatic ring is 1. The van der Waals surface area contributed by atoms with Crippen LogP contribution >= 0.6 is 0 Å². The molecule has 0 spiro atoms. The quantitative estimate of drug-likeness (QED) is 0.836. The molecule has 0 saturated heterocycles. The Morgan fingerprint density at radius 3 is 2.58 bits per heavy atom.